The lowest BCUT2D eigenvalue weighted by Crippen LogP contribution is -2.31. The van der Waals surface area contributed by atoms with Crippen LogP contribution in [0.4, 0.5) is 10.5 Å². The summed E-state index contributed by atoms with van der Waals surface area (Å²) in [6.07, 6.45) is 7.40. The normalized spacial score (nSPS) is 15.4. The van der Waals surface area contributed by atoms with Gasteiger partial charge in [0.1, 0.15) is 22.7 Å². The Bertz CT molecular complexity index is 1260. The Balaban J connectivity index is 1.85. The molecule has 0 saturated heterocycles. The maximum absolute atomic E-state index is 13.0. The van der Waals surface area contributed by atoms with E-state index >= 15 is 0 Å². The molecule has 2 aromatic rings. The van der Waals surface area contributed by atoms with E-state index in [2.05, 4.69) is 20.6 Å². The number of rotatable bonds is 8. The molecule has 1 fully saturated rings. The first kappa shape index (κ1) is 28.1. The summed E-state index contributed by atoms with van der Waals surface area (Å²) in [4.78, 5) is 34.2. The van der Waals surface area contributed by atoms with E-state index in [4.69, 9.17) is 9.47 Å². The SMILES string of the molecule is C[C@@H](/C=C/S(C)(=O)=O)NC(=O)c1cnc(C2CCCC2)nc1Oc1cccc(NC(=O)OC(C)(C)C)c1. The number of amides is 2. The molecule has 11 heteroatoms. The molecule has 37 heavy (non-hydrogen) atoms. The second-order valence-corrected chi connectivity index (χ2v) is 12.0. The Labute approximate surface area is 217 Å². The Morgan fingerprint density at radius 1 is 1.19 bits per heavy atom. The van der Waals surface area contributed by atoms with Crippen LogP contribution in [0, 0.1) is 0 Å². The van der Waals surface area contributed by atoms with E-state index in [9.17, 15) is 18.0 Å². The molecule has 1 heterocycles. The predicted molar refractivity (Wildman–Crippen MR) is 141 cm³/mol. The molecule has 1 atom stereocenters. The van der Waals surface area contributed by atoms with Gasteiger partial charge in [0.2, 0.25) is 5.88 Å². The fourth-order valence-corrected chi connectivity index (χ4v) is 4.28. The molecule has 0 spiro atoms. The number of benzene rings is 1. The van der Waals surface area contributed by atoms with Crippen molar-refractivity contribution >= 4 is 27.5 Å². The molecule has 2 amide bonds. The summed E-state index contributed by atoms with van der Waals surface area (Å²) >= 11 is 0. The van der Waals surface area contributed by atoms with Crippen LogP contribution in [0.1, 0.15) is 75.5 Å². The van der Waals surface area contributed by atoms with E-state index in [1.807, 2.05) is 0 Å². The van der Waals surface area contributed by atoms with E-state index in [1.54, 1.807) is 52.0 Å². The highest BCUT2D eigenvalue weighted by atomic mass is 32.2. The van der Waals surface area contributed by atoms with Gasteiger partial charge in [0.05, 0.1) is 0 Å². The fourth-order valence-electron chi connectivity index (χ4n) is 3.76. The van der Waals surface area contributed by atoms with E-state index in [1.165, 1.54) is 12.3 Å². The van der Waals surface area contributed by atoms with Gasteiger partial charge in [-0.3, -0.25) is 10.1 Å². The zero-order chi connectivity index (χ0) is 27.2. The summed E-state index contributed by atoms with van der Waals surface area (Å²) in [6.45, 7) is 6.97. The summed E-state index contributed by atoms with van der Waals surface area (Å²) in [5.74, 6) is 0.710. The van der Waals surface area contributed by atoms with Crippen molar-refractivity contribution in [3.8, 4) is 11.6 Å². The molecule has 1 aromatic heterocycles. The first-order chi connectivity index (χ1) is 17.3. The highest BCUT2D eigenvalue weighted by Gasteiger charge is 2.24. The first-order valence-corrected chi connectivity index (χ1v) is 14.1. The molecule has 3 rings (SSSR count). The lowest BCUT2D eigenvalue weighted by Gasteiger charge is -2.20. The molecule has 10 nitrogen and oxygen atoms in total. The fraction of sp³-hybridized carbons (Fsp3) is 0.462. The third-order valence-corrected chi connectivity index (χ3v) is 6.06. The molecule has 200 valence electrons. The molecular formula is C26H34N4O6S. The average Bonchev–Trinajstić information content (AvgIpc) is 3.31. The van der Waals surface area contributed by atoms with Crippen molar-refractivity contribution in [3.63, 3.8) is 0 Å². The molecule has 1 aliphatic rings. The van der Waals surface area contributed by atoms with Crippen molar-refractivity contribution in [3.05, 3.63) is 53.3 Å². The Kier molecular flexibility index (Phi) is 8.90. The standard InChI is InChI=1S/C26H34N4O6S/c1-17(13-14-37(5,33)34)28-23(31)21-16-27-22(18-9-6-7-10-18)30-24(21)35-20-12-8-11-19(15-20)29-25(32)36-26(2,3)4/h8,11-18H,6-7,9-10H2,1-5H3,(H,28,31)(H,29,32)/b14-13+/t17-/m0/s1. The summed E-state index contributed by atoms with van der Waals surface area (Å²) in [6, 6.07) is 6.09. The van der Waals surface area contributed by atoms with Gasteiger partial charge in [-0.15, -0.1) is 0 Å². The molecule has 0 bridgehead atoms. The third kappa shape index (κ3) is 9.16. The summed E-state index contributed by atoms with van der Waals surface area (Å²) in [7, 11) is -3.33. The Morgan fingerprint density at radius 2 is 1.89 bits per heavy atom. The zero-order valence-corrected chi connectivity index (χ0v) is 22.6. The largest absolute Gasteiger partial charge is 0.444 e. The number of carbonyl (C=O) groups excluding carboxylic acids is 2. The van der Waals surface area contributed by atoms with Crippen LogP contribution in [0.25, 0.3) is 0 Å². The number of nitrogens with zero attached hydrogens (tertiary/aromatic N) is 2. The molecule has 1 aliphatic carbocycles. The summed E-state index contributed by atoms with van der Waals surface area (Å²) in [5, 5.41) is 6.42. The number of hydrogen-bond donors (Lipinski definition) is 2. The lowest BCUT2D eigenvalue weighted by atomic mass is 10.1. The van der Waals surface area contributed by atoms with Gasteiger partial charge < -0.3 is 14.8 Å². The van der Waals surface area contributed by atoms with Gasteiger partial charge >= 0.3 is 6.09 Å². The molecular weight excluding hydrogens is 496 g/mol. The first-order valence-electron chi connectivity index (χ1n) is 12.1. The van der Waals surface area contributed by atoms with Crippen LogP contribution in [0.15, 0.2) is 41.9 Å². The summed E-state index contributed by atoms with van der Waals surface area (Å²) in [5.41, 5.74) is -0.0969. The Hall–Kier alpha value is -3.47. The quantitative estimate of drug-likeness (QED) is 0.489. The number of anilines is 1. The van der Waals surface area contributed by atoms with Crippen LogP contribution in [0.3, 0.4) is 0 Å². The number of sulfone groups is 1. The minimum atomic E-state index is -3.33. The van der Waals surface area contributed by atoms with Crippen molar-refractivity contribution in [2.24, 2.45) is 0 Å². The maximum Gasteiger partial charge on any atom is 0.412 e. The van der Waals surface area contributed by atoms with Gasteiger partial charge in [-0.1, -0.05) is 25.0 Å². The van der Waals surface area contributed by atoms with Crippen molar-refractivity contribution in [2.75, 3.05) is 11.6 Å². The van der Waals surface area contributed by atoms with Gasteiger partial charge in [0.15, 0.2) is 9.84 Å². The third-order valence-electron chi connectivity index (χ3n) is 5.40. The van der Waals surface area contributed by atoms with E-state index < -0.39 is 33.5 Å². The second kappa shape index (κ2) is 11.7. The number of hydrogen-bond acceptors (Lipinski definition) is 8. The highest BCUT2D eigenvalue weighted by Crippen LogP contribution is 2.34. The molecule has 1 saturated carbocycles. The zero-order valence-electron chi connectivity index (χ0n) is 21.8. The van der Waals surface area contributed by atoms with E-state index in [-0.39, 0.29) is 17.4 Å². The Morgan fingerprint density at radius 3 is 2.54 bits per heavy atom. The van der Waals surface area contributed by atoms with Crippen LogP contribution in [-0.4, -0.2) is 48.3 Å². The van der Waals surface area contributed by atoms with Gasteiger partial charge in [-0.05, 0) is 52.7 Å². The van der Waals surface area contributed by atoms with Crippen LogP contribution < -0.4 is 15.4 Å². The van der Waals surface area contributed by atoms with Crippen LogP contribution in [0.2, 0.25) is 0 Å². The number of ether oxygens (including phenoxy) is 2. The van der Waals surface area contributed by atoms with Crippen molar-refractivity contribution in [1.82, 2.24) is 15.3 Å². The number of carbonyl (C=O) groups is 2. The van der Waals surface area contributed by atoms with Crippen molar-refractivity contribution in [1.29, 1.82) is 0 Å². The molecule has 0 unspecified atom stereocenters. The minimum absolute atomic E-state index is 0.0723. The van der Waals surface area contributed by atoms with Crippen LogP contribution in [0.5, 0.6) is 11.6 Å². The number of nitrogens with one attached hydrogen (secondary N) is 2. The van der Waals surface area contributed by atoms with E-state index in [0.717, 1.165) is 37.3 Å². The molecule has 2 N–H and O–H groups in total. The highest BCUT2D eigenvalue weighted by molar-refractivity contribution is 7.93. The molecule has 1 aromatic carbocycles. The minimum Gasteiger partial charge on any atom is -0.444 e. The van der Waals surface area contributed by atoms with E-state index in [0.29, 0.717) is 17.3 Å². The lowest BCUT2D eigenvalue weighted by molar-refractivity contribution is 0.0635. The van der Waals surface area contributed by atoms with Crippen LogP contribution in [-0.2, 0) is 14.6 Å². The van der Waals surface area contributed by atoms with Gasteiger partial charge in [-0.25, -0.2) is 18.2 Å². The molecule has 0 aliphatic heterocycles. The predicted octanol–water partition coefficient (Wildman–Crippen LogP) is 4.95. The topological polar surface area (TPSA) is 137 Å². The second-order valence-electron chi connectivity index (χ2n) is 10.1. The van der Waals surface area contributed by atoms with Gasteiger partial charge in [0, 0.05) is 41.6 Å². The smallest absolute Gasteiger partial charge is 0.412 e. The van der Waals surface area contributed by atoms with Crippen molar-refractivity contribution in [2.45, 2.75) is 70.9 Å². The monoisotopic (exact) mass is 530 g/mol. The molecule has 0 radical (unpaired) electrons. The van der Waals surface area contributed by atoms with Gasteiger partial charge in [0.25, 0.3) is 5.91 Å². The maximum atomic E-state index is 13.0. The van der Waals surface area contributed by atoms with Crippen LogP contribution >= 0.6 is 0 Å². The average molecular weight is 531 g/mol. The van der Waals surface area contributed by atoms with Gasteiger partial charge in [-0.2, -0.15) is 4.98 Å². The van der Waals surface area contributed by atoms with Crippen molar-refractivity contribution < 1.29 is 27.5 Å². The number of aromatic nitrogens is 2. The summed E-state index contributed by atoms with van der Waals surface area (Å²) < 4.78 is 34.1.